The van der Waals surface area contributed by atoms with Crippen molar-refractivity contribution in [1.82, 2.24) is 19.6 Å². The van der Waals surface area contributed by atoms with Gasteiger partial charge >= 0.3 is 0 Å². The van der Waals surface area contributed by atoms with E-state index >= 15 is 0 Å². The van der Waals surface area contributed by atoms with E-state index in [1.54, 1.807) is 12.3 Å². The molecule has 3 heterocycles. The highest BCUT2D eigenvalue weighted by atomic mass is 16.1. The molecule has 0 aliphatic carbocycles. The molecule has 0 saturated heterocycles. The molecule has 0 fully saturated rings. The molecule has 3 aromatic heterocycles. The second kappa shape index (κ2) is 5.14. The summed E-state index contributed by atoms with van der Waals surface area (Å²) in [7, 11) is 0. The zero-order chi connectivity index (χ0) is 15.0. The van der Waals surface area contributed by atoms with E-state index < -0.39 is 0 Å². The molecular weight excluding hydrogens is 266 g/mol. The molecule has 0 aliphatic rings. The SMILES string of the molecule is CC(C)[C@@H](N)c1cc(=O)n2[nH]c(-c3ccccn3)cc2n1. The largest absolute Gasteiger partial charge is 0.322 e. The van der Waals surface area contributed by atoms with Crippen molar-refractivity contribution in [1.29, 1.82) is 0 Å². The van der Waals surface area contributed by atoms with Crippen LogP contribution in [0.1, 0.15) is 25.6 Å². The number of aromatic amines is 1. The summed E-state index contributed by atoms with van der Waals surface area (Å²) < 4.78 is 1.40. The van der Waals surface area contributed by atoms with Crippen LogP contribution in [0.25, 0.3) is 17.0 Å². The summed E-state index contributed by atoms with van der Waals surface area (Å²) in [6, 6.07) is 8.64. The maximum atomic E-state index is 12.2. The number of aromatic nitrogens is 4. The van der Waals surface area contributed by atoms with Crippen LogP contribution in [0.15, 0.2) is 41.3 Å². The predicted molar refractivity (Wildman–Crippen MR) is 80.8 cm³/mol. The molecule has 0 amide bonds. The smallest absolute Gasteiger partial charge is 0.272 e. The normalized spacial score (nSPS) is 13.0. The highest BCUT2D eigenvalue weighted by molar-refractivity contribution is 5.60. The minimum absolute atomic E-state index is 0.173. The van der Waals surface area contributed by atoms with E-state index in [0.29, 0.717) is 11.3 Å². The molecule has 3 rings (SSSR count). The van der Waals surface area contributed by atoms with Crippen LogP contribution in [0, 0.1) is 5.92 Å². The van der Waals surface area contributed by atoms with E-state index in [9.17, 15) is 4.79 Å². The summed E-state index contributed by atoms with van der Waals surface area (Å²) in [5.41, 5.74) is 8.58. The first-order valence-electron chi connectivity index (χ1n) is 6.86. The van der Waals surface area contributed by atoms with Gasteiger partial charge in [0, 0.05) is 24.4 Å². The third-order valence-corrected chi connectivity index (χ3v) is 3.47. The Kier molecular flexibility index (Phi) is 3.31. The molecule has 0 spiro atoms. The van der Waals surface area contributed by atoms with E-state index in [4.69, 9.17) is 5.73 Å². The molecule has 0 radical (unpaired) electrons. The van der Waals surface area contributed by atoms with Gasteiger partial charge in [-0.25, -0.2) is 9.50 Å². The summed E-state index contributed by atoms with van der Waals surface area (Å²) >= 11 is 0. The predicted octanol–water partition coefficient (Wildman–Crippen LogP) is 1.74. The Balaban J connectivity index is 2.14. The molecule has 3 aromatic rings. The van der Waals surface area contributed by atoms with Crippen molar-refractivity contribution in [2.24, 2.45) is 11.7 Å². The van der Waals surface area contributed by atoms with Gasteiger partial charge < -0.3 is 5.73 Å². The van der Waals surface area contributed by atoms with E-state index in [1.165, 1.54) is 10.6 Å². The molecule has 3 N–H and O–H groups in total. The molecule has 0 unspecified atom stereocenters. The number of hydrogen-bond donors (Lipinski definition) is 2. The quantitative estimate of drug-likeness (QED) is 0.766. The Labute approximate surface area is 121 Å². The molecule has 0 aromatic carbocycles. The maximum Gasteiger partial charge on any atom is 0.272 e. The van der Waals surface area contributed by atoms with Gasteiger partial charge in [-0.3, -0.25) is 14.9 Å². The second-order valence-corrected chi connectivity index (χ2v) is 5.37. The molecular formula is C15H17N5O. The van der Waals surface area contributed by atoms with Gasteiger partial charge in [-0.1, -0.05) is 19.9 Å². The standard InChI is InChI=1S/C15H17N5O/c1-9(2)15(16)12-8-14(21)20-13(18-12)7-11(19-20)10-5-3-4-6-17-10/h3-9,15,19H,16H2,1-2H3/t15-/m1/s1. The van der Waals surface area contributed by atoms with Crippen molar-refractivity contribution in [3.8, 4) is 11.4 Å². The van der Waals surface area contributed by atoms with E-state index in [2.05, 4.69) is 15.1 Å². The Morgan fingerprint density at radius 1 is 1.29 bits per heavy atom. The first-order chi connectivity index (χ1) is 10.1. The van der Waals surface area contributed by atoms with Crippen LogP contribution >= 0.6 is 0 Å². The fourth-order valence-corrected chi connectivity index (χ4v) is 2.18. The van der Waals surface area contributed by atoms with Crippen LogP contribution in [0.5, 0.6) is 0 Å². The van der Waals surface area contributed by atoms with Crippen molar-refractivity contribution in [2.45, 2.75) is 19.9 Å². The second-order valence-electron chi connectivity index (χ2n) is 5.37. The minimum atomic E-state index is -0.254. The number of nitrogens with two attached hydrogens (primary N) is 1. The number of fused-ring (bicyclic) bond motifs is 1. The average molecular weight is 283 g/mol. The number of hydrogen-bond acceptors (Lipinski definition) is 4. The number of H-pyrrole nitrogens is 1. The van der Waals surface area contributed by atoms with Crippen molar-refractivity contribution in [2.75, 3.05) is 0 Å². The summed E-state index contributed by atoms with van der Waals surface area (Å²) in [5.74, 6) is 0.216. The summed E-state index contributed by atoms with van der Waals surface area (Å²) in [4.78, 5) is 20.9. The van der Waals surface area contributed by atoms with Gasteiger partial charge in [-0.15, -0.1) is 0 Å². The van der Waals surface area contributed by atoms with Crippen molar-refractivity contribution < 1.29 is 0 Å². The minimum Gasteiger partial charge on any atom is -0.322 e. The van der Waals surface area contributed by atoms with Crippen LogP contribution in [-0.2, 0) is 0 Å². The number of nitrogens with one attached hydrogen (secondary N) is 1. The molecule has 21 heavy (non-hydrogen) atoms. The molecule has 6 heteroatoms. The third-order valence-electron chi connectivity index (χ3n) is 3.47. The summed E-state index contributed by atoms with van der Waals surface area (Å²) in [6.07, 6.45) is 1.71. The molecule has 0 bridgehead atoms. The van der Waals surface area contributed by atoms with Crippen LogP contribution in [0.2, 0.25) is 0 Å². The molecule has 6 nitrogen and oxygen atoms in total. The lowest BCUT2D eigenvalue weighted by Crippen LogP contribution is -2.23. The monoisotopic (exact) mass is 283 g/mol. The molecule has 0 aliphatic heterocycles. The Hall–Kier alpha value is -2.47. The summed E-state index contributed by atoms with van der Waals surface area (Å²) in [5, 5.41) is 3.01. The van der Waals surface area contributed by atoms with Gasteiger partial charge in [0.15, 0.2) is 5.65 Å². The molecule has 1 atom stereocenters. The van der Waals surface area contributed by atoms with Crippen LogP contribution in [-0.4, -0.2) is 19.6 Å². The average Bonchev–Trinajstić information content (AvgIpc) is 2.92. The lowest BCUT2D eigenvalue weighted by atomic mass is 10.0. The van der Waals surface area contributed by atoms with Crippen LogP contribution in [0.4, 0.5) is 0 Å². The van der Waals surface area contributed by atoms with Gasteiger partial charge in [0.25, 0.3) is 5.56 Å². The third kappa shape index (κ3) is 2.45. The zero-order valence-electron chi connectivity index (χ0n) is 11.9. The topological polar surface area (TPSA) is 89.1 Å². The van der Waals surface area contributed by atoms with E-state index in [-0.39, 0.29) is 17.5 Å². The lowest BCUT2D eigenvalue weighted by molar-refractivity contribution is 0.502. The van der Waals surface area contributed by atoms with Crippen molar-refractivity contribution in [3.63, 3.8) is 0 Å². The lowest BCUT2D eigenvalue weighted by Gasteiger charge is -2.14. The highest BCUT2D eigenvalue weighted by Gasteiger charge is 2.15. The van der Waals surface area contributed by atoms with Crippen molar-refractivity contribution in [3.05, 3.63) is 52.6 Å². The zero-order valence-corrected chi connectivity index (χ0v) is 11.9. The number of nitrogens with zero attached hydrogens (tertiary/aromatic N) is 3. The fraction of sp³-hybridized carbons (Fsp3) is 0.267. The van der Waals surface area contributed by atoms with Crippen molar-refractivity contribution >= 4 is 5.65 Å². The first-order valence-corrected chi connectivity index (χ1v) is 6.86. The van der Waals surface area contributed by atoms with Gasteiger partial charge in [-0.05, 0) is 18.1 Å². The van der Waals surface area contributed by atoms with E-state index in [1.807, 2.05) is 32.0 Å². The maximum absolute atomic E-state index is 12.2. The Bertz CT molecular complexity index is 819. The van der Waals surface area contributed by atoms with Crippen LogP contribution in [0.3, 0.4) is 0 Å². The summed E-state index contributed by atoms with van der Waals surface area (Å²) in [6.45, 7) is 4.01. The highest BCUT2D eigenvalue weighted by Crippen LogP contribution is 2.18. The fourth-order valence-electron chi connectivity index (χ4n) is 2.18. The first kappa shape index (κ1) is 13.5. The van der Waals surface area contributed by atoms with Gasteiger partial charge in [0.2, 0.25) is 0 Å². The Morgan fingerprint density at radius 2 is 2.10 bits per heavy atom. The van der Waals surface area contributed by atoms with Gasteiger partial charge in [0.05, 0.1) is 17.1 Å². The van der Waals surface area contributed by atoms with Crippen LogP contribution < -0.4 is 11.3 Å². The van der Waals surface area contributed by atoms with Gasteiger partial charge in [0.1, 0.15) is 0 Å². The van der Waals surface area contributed by atoms with Gasteiger partial charge in [-0.2, -0.15) is 0 Å². The number of rotatable bonds is 3. The number of pyridine rings is 1. The van der Waals surface area contributed by atoms with E-state index in [0.717, 1.165) is 11.4 Å². The molecule has 108 valence electrons. The molecule has 0 saturated carbocycles. The Morgan fingerprint density at radius 3 is 2.76 bits per heavy atom.